The topological polar surface area (TPSA) is 206 Å². The minimum atomic E-state index is -1.86. The van der Waals surface area contributed by atoms with E-state index in [0.29, 0.717) is 62.3 Å². The van der Waals surface area contributed by atoms with E-state index in [4.69, 9.17) is 20.2 Å². The predicted molar refractivity (Wildman–Crippen MR) is 206 cm³/mol. The minimum absolute atomic E-state index is 0.0525. The first-order valence-electron chi connectivity index (χ1n) is 20.6. The van der Waals surface area contributed by atoms with Crippen molar-refractivity contribution >= 4 is 11.9 Å². The standard InChI is InChI=1S/C41H62N6O8/c1-25(49)54-37-17-31(50)6-9-41(10-12-47-20-26-13-29(35(47)22-48)21-46(19-26)24-45-40(42)44-23-41)8-5-27-3-2-4-30-16-32(7-11-43-30)55-38-15-28(14-33(27)37)34(39(52)53)18-36(38)51/h15,18,26-27,29-33,35,37,39,43,48,50-53H,2-4,6-7,9-14,16-17,19-24H2,1H3,(H3,42,44,45)/t26-,27-,29+,30-,31-,32-,33-,35+,37-,41-/m0/s1. The molecule has 8 rings (SSSR count). The van der Waals surface area contributed by atoms with Crippen LogP contribution in [0.25, 0.3) is 0 Å². The van der Waals surface area contributed by atoms with Crippen molar-refractivity contribution in [3.05, 3.63) is 23.3 Å². The number of fused-ring (bicyclic) bond motifs is 9. The van der Waals surface area contributed by atoms with E-state index in [1.807, 2.05) is 0 Å². The van der Waals surface area contributed by atoms with Gasteiger partial charge in [-0.2, -0.15) is 0 Å². The summed E-state index contributed by atoms with van der Waals surface area (Å²) in [4.78, 5) is 22.2. The lowest BCUT2D eigenvalue weighted by atomic mass is 9.73. The number of phenols is 1. The highest BCUT2D eigenvalue weighted by molar-refractivity contribution is 5.77. The van der Waals surface area contributed by atoms with E-state index in [-0.39, 0.29) is 60.6 Å². The molecule has 55 heavy (non-hydrogen) atoms. The van der Waals surface area contributed by atoms with Gasteiger partial charge < -0.3 is 51.4 Å². The molecule has 2 unspecified atom stereocenters. The number of guanidine groups is 1. The van der Waals surface area contributed by atoms with E-state index in [1.54, 1.807) is 6.07 Å². The van der Waals surface area contributed by atoms with Gasteiger partial charge in [0, 0.05) is 75.6 Å². The fourth-order valence-corrected chi connectivity index (χ4v) is 10.5. The number of aliphatic hydroxyl groups excluding tert-OH is 3. The maximum Gasteiger partial charge on any atom is 0.302 e. The average Bonchev–Trinajstić information content (AvgIpc) is 3.16. The van der Waals surface area contributed by atoms with E-state index in [0.717, 1.165) is 64.8 Å². The number of esters is 1. The number of hydrogen-bond acceptors (Lipinski definition) is 14. The predicted octanol–water partition coefficient (Wildman–Crippen LogP) is 1.18. The number of carbonyl (C=O) groups excluding carboxylic acids is 1. The van der Waals surface area contributed by atoms with Crippen LogP contribution in [0.5, 0.6) is 11.5 Å². The molecule has 304 valence electrons. The third kappa shape index (κ3) is 9.70. The number of nitrogens with zero attached hydrogens (tertiary/aromatic N) is 3. The molecule has 12 atom stereocenters. The van der Waals surface area contributed by atoms with E-state index in [9.17, 15) is 30.3 Å². The first-order valence-corrected chi connectivity index (χ1v) is 20.6. The first-order chi connectivity index (χ1) is 26.5. The molecular weight excluding hydrogens is 704 g/mol. The number of nitrogens with one attached hydrogen (secondary N) is 2. The summed E-state index contributed by atoms with van der Waals surface area (Å²) < 4.78 is 12.4. The summed E-state index contributed by atoms with van der Waals surface area (Å²) in [6.07, 6.45) is 3.70. The first kappa shape index (κ1) is 40.1. The zero-order chi connectivity index (χ0) is 38.7. The molecular formula is C41H62N6O8. The third-order valence-corrected chi connectivity index (χ3v) is 13.3. The van der Waals surface area contributed by atoms with Gasteiger partial charge in [0.2, 0.25) is 0 Å². The smallest absolute Gasteiger partial charge is 0.302 e. The Morgan fingerprint density at radius 1 is 1.15 bits per heavy atom. The van der Waals surface area contributed by atoms with Crippen molar-refractivity contribution < 1.29 is 39.8 Å². The third-order valence-electron chi connectivity index (χ3n) is 13.3. The lowest BCUT2D eigenvalue weighted by molar-refractivity contribution is -0.152. The number of hydrogen-bond donors (Lipinski definition) is 8. The summed E-state index contributed by atoms with van der Waals surface area (Å²) in [5, 5.41) is 61.5. The number of rotatable bonds is 3. The Hall–Kier alpha value is -3.16. The zero-order valence-corrected chi connectivity index (χ0v) is 32.2. The van der Waals surface area contributed by atoms with Crippen LogP contribution in [-0.4, -0.2) is 130 Å². The number of aliphatic imine (C=N–C) groups is 1. The molecule has 0 amide bonds. The van der Waals surface area contributed by atoms with Gasteiger partial charge in [-0.05, 0) is 93.9 Å². The largest absolute Gasteiger partial charge is 0.504 e. The SMILES string of the molecule is CC(=O)O[C@H]1C[C@@H](O)CC[C@@]2(C#C[C@@H]3CCC[C@H]4C[C@H](CCN4)Oc4cc(c(C(O)O)cc4O)C[C@@H]31)CCN1C[C@H]3C[C@H](CN(CN=C(N)NC2)C3)[C@H]1CO. The lowest BCUT2D eigenvalue weighted by Gasteiger charge is -2.50. The molecule has 1 aliphatic carbocycles. The summed E-state index contributed by atoms with van der Waals surface area (Å²) in [6.45, 7) is 6.65. The minimum Gasteiger partial charge on any atom is -0.504 e. The van der Waals surface area contributed by atoms with Crippen molar-refractivity contribution in [3.8, 4) is 23.3 Å². The van der Waals surface area contributed by atoms with E-state index in [2.05, 4.69) is 32.3 Å². The number of benzene rings is 1. The van der Waals surface area contributed by atoms with Crippen molar-refractivity contribution in [3.63, 3.8) is 0 Å². The number of aliphatic hydroxyl groups is 4. The highest BCUT2D eigenvalue weighted by Crippen LogP contribution is 2.41. The van der Waals surface area contributed by atoms with Crippen molar-refractivity contribution in [2.75, 3.05) is 52.5 Å². The monoisotopic (exact) mass is 766 g/mol. The molecule has 1 aromatic rings. The number of piperidine rings is 3. The van der Waals surface area contributed by atoms with Crippen molar-refractivity contribution in [1.82, 2.24) is 20.4 Å². The second kappa shape index (κ2) is 17.5. The van der Waals surface area contributed by atoms with Gasteiger partial charge in [-0.15, -0.1) is 0 Å². The Balaban J connectivity index is 1.30. The maximum atomic E-state index is 12.7. The van der Waals surface area contributed by atoms with Crippen LogP contribution in [0, 0.1) is 40.9 Å². The van der Waals surface area contributed by atoms with Crippen LogP contribution in [0.3, 0.4) is 0 Å². The molecule has 14 nitrogen and oxygen atoms in total. The Labute approximate surface area is 324 Å². The molecule has 3 saturated heterocycles. The summed E-state index contributed by atoms with van der Waals surface area (Å²) in [5.74, 6) is 7.65. The average molecular weight is 767 g/mol. The van der Waals surface area contributed by atoms with Gasteiger partial charge in [-0.3, -0.25) is 14.6 Å². The maximum absolute atomic E-state index is 12.7. The molecule has 1 spiro atoms. The Kier molecular flexibility index (Phi) is 12.8. The number of ether oxygens (including phenoxy) is 2. The Morgan fingerprint density at radius 3 is 2.80 bits per heavy atom. The second-order valence-electron chi connectivity index (χ2n) is 17.3. The van der Waals surface area contributed by atoms with Gasteiger partial charge in [0.25, 0.3) is 0 Å². The van der Waals surface area contributed by atoms with Crippen LogP contribution in [0.1, 0.15) is 88.5 Å². The molecule has 14 heteroatoms. The van der Waals surface area contributed by atoms with Crippen LogP contribution in [0.15, 0.2) is 17.1 Å². The van der Waals surface area contributed by atoms with Crippen molar-refractivity contribution in [2.24, 2.45) is 39.8 Å². The van der Waals surface area contributed by atoms with Crippen LogP contribution in [-0.2, 0) is 16.0 Å². The van der Waals surface area contributed by atoms with E-state index >= 15 is 0 Å². The van der Waals surface area contributed by atoms with E-state index in [1.165, 1.54) is 13.0 Å². The summed E-state index contributed by atoms with van der Waals surface area (Å²) in [5.41, 5.74) is 6.61. The summed E-state index contributed by atoms with van der Waals surface area (Å²) >= 11 is 0. The van der Waals surface area contributed by atoms with Crippen LogP contribution >= 0.6 is 0 Å². The summed E-state index contributed by atoms with van der Waals surface area (Å²) in [7, 11) is 0. The van der Waals surface area contributed by atoms with Crippen molar-refractivity contribution in [1.29, 1.82) is 0 Å². The number of aromatic hydroxyl groups is 1. The number of phenolic OH excluding ortho intramolecular Hbond substituents is 1. The molecule has 0 aromatic heterocycles. The lowest BCUT2D eigenvalue weighted by Crippen LogP contribution is -2.59. The zero-order valence-electron chi connectivity index (χ0n) is 32.2. The molecule has 7 aliphatic rings. The van der Waals surface area contributed by atoms with Crippen LogP contribution < -0.4 is 21.1 Å². The van der Waals surface area contributed by atoms with Crippen molar-refractivity contribution in [2.45, 2.75) is 114 Å². The second-order valence-corrected chi connectivity index (χ2v) is 17.3. The van der Waals surface area contributed by atoms with Gasteiger partial charge >= 0.3 is 5.97 Å². The fourth-order valence-electron chi connectivity index (χ4n) is 10.5. The molecule has 6 heterocycles. The van der Waals surface area contributed by atoms with Gasteiger partial charge in [-0.1, -0.05) is 18.3 Å². The molecule has 3 fully saturated rings. The van der Waals surface area contributed by atoms with Gasteiger partial charge in [0.1, 0.15) is 12.2 Å². The molecule has 0 radical (unpaired) electrons. The van der Waals surface area contributed by atoms with Crippen LogP contribution in [0.4, 0.5) is 0 Å². The quantitative estimate of drug-likeness (QED) is 0.124. The van der Waals surface area contributed by atoms with Gasteiger partial charge in [0.05, 0.1) is 24.8 Å². The summed E-state index contributed by atoms with van der Waals surface area (Å²) in [6, 6.07) is 3.31. The highest BCUT2D eigenvalue weighted by Gasteiger charge is 2.43. The number of nitrogens with two attached hydrogens (primary N) is 1. The molecule has 6 aliphatic heterocycles. The van der Waals surface area contributed by atoms with Crippen LogP contribution in [0.2, 0.25) is 0 Å². The Bertz CT molecular complexity index is 1600. The van der Waals surface area contributed by atoms with Gasteiger partial charge in [0.15, 0.2) is 23.7 Å². The molecule has 9 N–H and O–H groups in total. The number of carbonyl (C=O) groups is 1. The van der Waals surface area contributed by atoms with Gasteiger partial charge in [-0.25, -0.2) is 4.99 Å². The van der Waals surface area contributed by atoms with E-state index < -0.39 is 35.8 Å². The highest BCUT2D eigenvalue weighted by atomic mass is 16.5. The molecule has 1 aromatic carbocycles. The fraction of sp³-hybridized carbons (Fsp3) is 0.756. The molecule has 0 saturated carbocycles. The normalized spacial score (nSPS) is 38.4. The Morgan fingerprint density at radius 2 is 2.00 bits per heavy atom. The molecule has 8 bridgehead atoms.